The van der Waals surface area contributed by atoms with E-state index >= 15 is 0 Å². The van der Waals surface area contributed by atoms with E-state index in [0.29, 0.717) is 31.3 Å². The van der Waals surface area contributed by atoms with E-state index in [0.717, 1.165) is 41.0 Å². The van der Waals surface area contributed by atoms with Gasteiger partial charge in [0.15, 0.2) is 5.82 Å². The first-order chi connectivity index (χ1) is 19.7. The first-order valence-electron chi connectivity index (χ1n) is 13.2. The molecule has 0 saturated heterocycles. The smallest absolute Gasteiger partial charge is 0.244 e. The quantitative estimate of drug-likeness (QED) is 0.288. The van der Waals surface area contributed by atoms with Gasteiger partial charge >= 0.3 is 0 Å². The Balaban J connectivity index is 1.10. The second-order valence-corrected chi connectivity index (χ2v) is 10.0. The average molecular weight is 534 g/mol. The van der Waals surface area contributed by atoms with Gasteiger partial charge in [-0.3, -0.25) is 14.5 Å². The van der Waals surface area contributed by atoms with Gasteiger partial charge in [0.2, 0.25) is 11.9 Å². The van der Waals surface area contributed by atoms with Gasteiger partial charge in [0.25, 0.3) is 0 Å². The molecule has 200 valence electrons. The first kappa shape index (κ1) is 23.9. The van der Waals surface area contributed by atoms with Gasteiger partial charge in [0.1, 0.15) is 12.2 Å². The number of aromatic amines is 1. The number of hydrogen-bond acceptors (Lipinski definition) is 9. The highest BCUT2D eigenvalue weighted by Gasteiger charge is 2.25. The van der Waals surface area contributed by atoms with Crippen LogP contribution in [-0.4, -0.2) is 63.5 Å². The summed E-state index contributed by atoms with van der Waals surface area (Å²) in [6.45, 7) is 1.14. The fraction of sp³-hybridized carbons (Fsp3) is 0.250. The zero-order valence-electron chi connectivity index (χ0n) is 21.7. The van der Waals surface area contributed by atoms with Gasteiger partial charge in [-0.25, -0.2) is 9.97 Å². The Labute approximate surface area is 229 Å². The van der Waals surface area contributed by atoms with Crippen molar-refractivity contribution in [1.29, 1.82) is 0 Å². The van der Waals surface area contributed by atoms with E-state index < -0.39 is 0 Å². The summed E-state index contributed by atoms with van der Waals surface area (Å²) in [7, 11) is 0. The van der Waals surface area contributed by atoms with Crippen LogP contribution in [0.5, 0.6) is 0 Å². The molecule has 0 unspecified atom stereocenters. The van der Waals surface area contributed by atoms with Crippen molar-refractivity contribution in [2.24, 2.45) is 0 Å². The average Bonchev–Trinajstić information content (AvgIpc) is 3.72. The molecule has 1 aliphatic heterocycles. The molecule has 0 atom stereocenters. The Bertz CT molecular complexity index is 1620. The number of aromatic nitrogens is 8. The van der Waals surface area contributed by atoms with Crippen LogP contribution in [-0.2, 0) is 37.1 Å². The molecule has 0 radical (unpaired) electrons. The number of nitrogens with zero attached hydrogens (tertiary/aromatic N) is 8. The fourth-order valence-electron chi connectivity index (χ4n) is 5.32. The van der Waals surface area contributed by atoms with Gasteiger partial charge in [-0.05, 0) is 36.1 Å². The van der Waals surface area contributed by atoms with Crippen LogP contribution in [0, 0.1) is 0 Å². The van der Waals surface area contributed by atoms with Crippen molar-refractivity contribution in [1.82, 2.24) is 45.0 Å². The third-order valence-corrected chi connectivity index (χ3v) is 7.36. The highest BCUT2D eigenvalue weighted by atomic mass is 16.2. The number of amides is 1. The van der Waals surface area contributed by atoms with Gasteiger partial charge in [-0.2, -0.15) is 20.5 Å². The van der Waals surface area contributed by atoms with Crippen molar-refractivity contribution in [2.75, 3.05) is 17.2 Å². The number of benzene rings is 1. The Morgan fingerprint density at radius 3 is 2.52 bits per heavy atom. The molecule has 3 N–H and O–H groups in total. The number of nitrogens with one attached hydrogen (secondary N) is 3. The molecule has 0 fully saturated rings. The second-order valence-electron chi connectivity index (χ2n) is 10.0. The number of pyridine rings is 1. The first-order valence-corrected chi connectivity index (χ1v) is 13.2. The van der Waals surface area contributed by atoms with Crippen LogP contribution < -0.4 is 10.6 Å². The van der Waals surface area contributed by atoms with Crippen molar-refractivity contribution < 1.29 is 4.79 Å². The number of carbonyl (C=O) groups excluding carboxylic acids is 1. The van der Waals surface area contributed by atoms with E-state index in [9.17, 15) is 4.79 Å². The van der Waals surface area contributed by atoms with Crippen LogP contribution in [0.15, 0.2) is 67.4 Å². The molecule has 4 aromatic heterocycles. The fourth-order valence-corrected chi connectivity index (χ4v) is 5.32. The number of hydrogen-bond donors (Lipinski definition) is 3. The summed E-state index contributed by atoms with van der Waals surface area (Å²) in [4.78, 5) is 28.2. The zero-order valence-corrected chi connectivity index (χ0v) is 21.7. The molecule has 1 amide bonds. The molecule has 5 heterocycles. The highest BCUT2D eigenvalue weighted by Crippen LogP contribution is 2.30. The van der Waals surface area contributed by atoms with Crippen LogP contribution in [0.1, 0.15) is 22.5 Å². The molecule has 12 heteroatoms. The summed E-state index contributed by atoms with van der Waals surface area (Å²) in [6, 6.07) is 12.5. The van der Waals surface area contributed by atoms with Gasteiger partial charge in [-0.15, -0.1) is 0 Å². The summed E-state index contributed by atoms with van der Waals surface area (Å²) in [6.07, 6.45) is 11.4. The van der Waals surface area contributed by atoms with Crippen LogP contribution in [0.25, 0.3) is 11.1 Å². The lowest BCUT2D eigenvalue weighted by Crippen LogP contribution is -2.38. The summed E-state index contributed by atoms with van der Waals surface area (Å²) < 4.78 is 1.65. The minimum absolute atomic E-state index is 0.0356. The molecule has 0 saturated carbocycles. The molecular weight excluding hydrogens is 506 g/mol. The minimum atomic E-state index is -0.0356. The van der Waals surface area contributed by atoms with E-state index in [-0.39, 0.29) is 18.5 Å². The molecule has 40 heavy (non-hydrogen) atoms. The summed E-state index contributed by atoms with van der Waals surface area (Å²) in [5.74, 6) is 1.16. The van der Waals surface area contributed by atoms with Crippen molar-refractivity contribution in [3.05, 3.63) is 89.9 Å². The van der Waals surface area contributed by atoms with E-state index in [1.165, 1.54) is 11.1 Å². The molecule has 1 aliphatic carbocycles. The van der Waals surface area contributed by atoms with Gasteiger partial charge < -0.3 is 15.5 Å². The summed E-state index contributed by atoms with van der Waals surface area (Å²) >= 11 is 0. The number of anilines is 3. The molecular formula is C28H27N11O. The topological polar surface area (TPSA) is 142 Å². The highest BCUT2D eigenvalue weighted by molar-refractivity contribution is 5.79. The van der Waals surface area contributed by atoms with E-state index in [1.807, 2.05) is 18.3 Å². The maximum Gasteiger partial charge on any atom is 0.244 e. The van der Waals surface area contributed by atoms with Crippen LogP contribution >= 0.6 is 0 Å². The van der Waals surface area contributed by atoms with Gasteiger partial charge in [-0.1, -0.05) is 24.3 Å². The predicted molar refractivity (Wildman–Crippen MR) is 148 cm³/mol. The van der Waals surface area contributed by atoms with Gasteiger partial charge in [0, 0.05) is 66.8 Å². The number of H-pyrrole nitrogens is 1. The third kappa shape index (κ3) is 4.86. The maximum absolute atomic E-state index is 13.2. The Kier molecular flexibility index (Phi) is 6.11. The van der Waals surface area contributed by atoms with Crippen molar-refractivity contribution in [2.45, 2.75) is 38.4 Å². The summed E-state index contributed by atoms with van der Waals surface area (Å²) in [5.41, 5.74) is 6.90. The van der Waals surface area contributed by atoms with E-state index in [1.54, 1.807) is 34.4 Å². The largest absolute Gasteiger partial charge is 0.351 e. The Hall–Kier alpha value is -5.13. The molecule has 5 aromatic rings. The lowest BCUT2D eigenvalue weighted by Gasteiger charge is -2.25. The molecule has 0 bridgehead atoms. The van der Waals surface area contributed by atoms with E-state index in [2.05, 4.69) is 65.3 Å². The second kappa shape index (κ2) is 10.2. The lowest BCUT2D eigenvalue weighted by molar-refractivity contribution is -0.133. The molecule has 1 aromatic carbocycles. The molecule has 12 nitrogen and oxygen atoms in total. The molecule has 7 rings (SSSR count). The van der Waals surface area contributed by atoms with Crippen LogP contribution in [0.3, 0.4) is 0 Å². The maximum atomic E-state index is 13.2. The van der Waals surface area contributed by atoms with Crippen molar-refractivity contribution >= 4 is 23.4 Å². The normalized spacial score (nSPS) is 14.6. The SMILES string of the molecule is O=C(Cn1cc(-c2cnc(NC3Cc4ccccc4C3)nc2)c(Nc2ccncc2)n1)N1CCc2n[nH]nc2C1. The molecule has 0 spiro atoms. The number of carbonyl (C=O) groups is 1. The monoisotopic (exact) mass is 533 g/mol. The number of fused-ring (bicyclic) bond motifs is 2. The minimum Gasteiger partial charge on any atom is -0.351 e. The van der Waals surface area contributed by atoms with Crippen LogP contribution in [0.4, 0.5) is 17.5 Å². The molecule has 2 aliphatic rings. The summed E-state index contributed by atoms with van der Waals surface area (Å²) in [5, 5.41) is 22.5. The third-order valence-electron chi connectivity index (χ3n) is 7.36. The Morgan fingerprint density at radius 2 is 1.75 bits per heavy atom. The van der Waals surface area contributed by atoms with Crippen molar-refractivity contribution in [3.8, 4) is 11.1 Å². The lowest BCUT2D eigenvalue weighted by atomic mass is 10.1. The standard InChI is InChI=1S/C28H27N11O/c40-26(38-10-7-24-25(16-38)35-37-34-24)17-39-15-23(27(36-39)32-21-5-8-29-9-6-21)20-13-30-28(31-14-20)33-22-11-18-3-1-2-4-19(18)12-22/h1-6,8-9,13-15,22H,7,10-12,16-17H2,(H,29,32,36)(H,30,31,33)(H,34,35,37). The van der Waals surface area contributed by atoms with E-state index in [4.69, 9.17) is 5.10 Å². The van der Waals surface area contributed by atoms with Crippen molar-refractivity contribution in [3.63, 3.8) is 0 Å². The zero-order chi connectivity index (χ0) is 26.9. The van der Waals surface area contributed by atoms with Gasteiger partial charge in [0.05, 0.1) is 12.2 Å². The Morgan fingerprint density at radius 1 is 1.00 bits per heavy atom. The van der Waals surface area contributed by atoms with Crippen LogP contribution in [0.2, 0.25) is 0 Å². The predicted octanol–water partition coefficient (Wildman–Crippen LogP) is 2.76. The number of rotatable bonds is 7.